The number of carbonyl (C=O) groups excluding carboxylic acids is 1. The van der Waals surface area contributed by atoms with Crippen LogP contribution in [0.3, 0.4) is 0 Å². The molecule has 2 amide bonds. The third-order valence-electron chi connectivity index (χ3n) is 6.14. The molecule has 168 valence electrons. The number of aliphatic hydroxyl groups excluding tert-OH is 1. The molecule has 2 aliphatic heterocycles. The molecule has 2 fully saturated rings. The van der Waals surface area contributed by atoms with E-state index in [9.17, 15) is 14.3 Å². The van der Waals surface area contributed by atoms with Crippen LogP contribution in [0.5, 0.6) is 0 Å². The number of aliphatic hydroxyl groups is 1. The zero-order valence-electron chi connectivity index (χ0n) is 17.4. The SMILES string of the molecule is O=C(Nc1cnn2ccc(N3CCC[C@@H]3c3cc(F)ccc3Cl)nc12)N1CCCC(O)C1. The van der Waals surface area contributed by atoms with Gasteiger partial charge >= 0.3 is 6.03 Å². The molecule has 32 heavy (non-hydrogen) atoms. The normalized spacial score (nSPS) is 21.3. The third-order valence-corrected chi connectivity index (χ3v) is 6.49. The quantitative estimate of drug-likeness (QED) is 0.622. The molecule has 1 unspecified atom stereocenters. The van der Waals surface area contributed by atoms with Gasteiger partial charge in [0.15, 0.2) is 5.65 Å². The molecule has 0 bridgehead atoms. The Kier molecular flexibility index (Phi) is 5.60. The van der Waals surface area contributed by atoms with E-state index >= 15 is 0 Å². The largest absolute Gasteiger partial charge is 0.391 e. The first kappa shape index (κ1) is 21.0. The summed E-state index contributed by atoms with van der Waals surface area (Å²) in [5.74, 6) is 0.396. The minimum Gasteiger partial charge on any atom is -0.391 e. The molecule has 0 spiro atoms. The third kappa shape index (κ3) is 3.98. The molecule has 0 saturated carbocycles. The number of hydrogen-bond donors (Lipinski definition) is 2. The molecular formula is C22H24ClFN6O2. The standard InChI is InChI=1S/C22H24ClFN6O2/c23-17-6-5-14(24)11-16(17)19-4-2-9-29(19)20-7-10-30-21(27-20)18(12-25-30)26-22(32)28-8-1-3-15(31)13-28/h5-7,10-12,15,19,31H,1-4,8-9,13H2,(H,26,32)/t15?,19-/m1/s1. The van der Waals surface area contributed by atoms with Gasteiger partial charge in [-0.25, -0.2) is 18.7 Å². The van der Waals surface area contributed by atoms with Crippen molar-refractivity contribution in [2.75, 3.05) is 29.9 Å². The first-order chi connectivity index (χ1) is 15.5. The van der Waals surface area contributed by atoms with Crippen LogP contribution < -0.4 is 10.2 Å². The van der Waals surface area contributed by atoms with E-state index in [4.69, 9.17) is 16.6 Å². The van der Waals surface area contributed by atoms with Gasteiger partial charge in [0.25, 0.3) is 0 Å². The van der Waals surface area contributed by atoms with E-state index in [-0.39, 0.29) is 17.9 Å². The van der Waals surface area contributed by atoms with Crippen LogP contribution in [0.4, 0.5) is 20.7 Å². The fourth-order valence-electron chi connectivity index (χ4n) is 4.58. The van der Waals surface area contributed by atoms with Crippen molar-refractivity contribution in [1.82, 2.24) is 19.5 Å². The summed E-state index contributed by atoms with van der Waals surface area (Å²) in [6, 6.07) is 5.93. The van der Waals surface area contributed by atoms with Gasteiger partial charge in [0, 0.05) is 30.9 Å². The van der Waals surface area contributed by atoms with Gasteiger partial charge in [-0.1, -0.05) is 11.6 Å². The van der Waals surface area contributed by atoms with Crippen LogP contribution in [-0.2, 0) is 0 Å². The summed E-state index contributed by atoms with van der Waals surface area (Å²) in [4.78, 5) is 21.2. The second-order valence-electron chi connectivity index (χ2n) is 8.30. The van der Waals surface area contributed by atoms with Gasteiger partial charge in [0.05, 0.1) is 18.3 Å². The smallest absolute Gasteiger partial charge is 0.322 e. The van der Waals surface area contributed by atoms with Gasteiger partial charge in [-0.05, 0) is 55.5 Å². The number of fused-ring (bicyclic) bond motifs is 1. The highest BCUT2D eigenvalue weighted by Crippen LogP contribution is 2.38. The molecule has 0 radical (unpaired) electrons. The Morgan fingerprint density at radius 3 is 2.91 bits per heavy atom. The van der Waals surface area contributed by atoms with Gasteiger partial charge < -0.3 is 20.2 Å². The zero-order valence-corrected chi connectivity index (χ0v) is 18.2. The van der Waals surface area contributed by atoms with Crippen molar-refractivity contribution < 1.29 is 14.3 Å². The van der Waals surface area contributed by atoms with Gasteiger partial charge in [-0.2, -0.15) is 5.10 Å². The van der Waals surface area contributed by atoms with Crippen molar-refractivity contribution in [1.29, 1.82) is 0 Å². The minimum absolute atomic E-state index is 0.0797. The lowest BCUT2D eigenvalue weighted by molar-refractivity contribution is 0.0883. The van der Waals surface area contributed by atoms with Crippen molar-refractivity contribution in [3.8, 4) is 0 Å². The number of aromatic nitrogens is 3. The molecule has 2 aliphatic rings. The van der Waals surface area contributed by atoms with Crippen LogP contribution in [0.15, 0.2) is 36.7 Å². The van der Waals surface area contributed by atoms with E-state index in [1.165, 1.54) is 12.1 Å². The lowest BCUT2D eigenvalue weighted by atomic mass is 10.0. The topological polar surface area (TPSA) is 86.0 Å². The van der Waals surface area contributed by atoms with E-state index in [1.54, 1.807) is 27.9 Å². The number of carbonyl (C=O) groups is 1. The fourth-order valence-corrected chi connectivity index (χ4v) is 4.82. The Labute approximate surface area is 189 Å². The van der Waals surface area contributed by atoms with E-state index < -0.39 is 6.10 Å². The average Bonchev–Trinajstić information content (AvgIpc) is 3.42. The number of β-amino-alcohol motifs (C(OH)–C–C–N with tert-alkyl or cyclic N) is 1. The van der Waals surface area contributed by atoms with Crippen molar-refractivity contribution >= 4 is 34.8 Å². The Morgan fingerprint density at radius 1 is 1.22 bits per heavy atom. The number of anilines is 2. The van der Waals surface area contributed by atoms with Gasteiger partial charge in [-0.15, -0.1) is 0 Å². The van der Waals surface area contributed by atoms with E-state index in [0.29, 0.717) is 41.7 Å². The number of nitrogens with zero attached hydrogens (tertiary/aromatic N) is 5. The molecule has 0 aliphatic carbocycles. The minimum atomic E-state index is -0.495. The predicted octanol–water partition coefficient (Wildman–Crippen LogP) is 3.85. The molecule has 2 saturated heterocycles. The molecule has 2 N–H and O–H groups in total. The Morgan fingerprint density at radius 2 is 2.06 bits per heavy atom. The van der Waals surface area contributed by atoms with Crippen LogP contribution in [0.2, 0.25) is 5.02 Å². The van der Waals surface area contributed by atoms with Crippen LogP contribution >= 0.6 is 11.6 Å². The lowest BCUT2D eigenvalue weighted by Crippen LogP contribution is -2.44. The van der Waals surface area contributed by atoms with Gasteiger partial charge in [-0.3, -0.25) is 0 Å². The molecule has 3 aromatic rings. The monoisotopic (exact) mass is 458 g/mol. The molecule has 2 aromatic heterocycles. The van der Waals surface area contributed by atoms with Gasteiger partial charge in [0.1, 0.15) is 17.3 Å². The molecule has 5 rings (SSSR count). The average molecular weight is 459 g/mol. The second kappa shape index (κ2) is 8.55. The van der Waals surface area contributed by atoms with E-state index in [0.717, 1.165) is 31.4 Å². The van der Waals surface area contributed by atoms with Crippen LogP contribution in [0.25, 0.3) is 5.65 Å². The molecule has 8 nitrogen and oxygen atoms in total. The number of urea groups is 1. The lowest BCUT2D eigenvalue weighted by Gasteiger charge is -2.30. The highest BCUT2D eigenvalue weighted by molar-refractivity contribution is 6.31. The summed E-state index contributed by atoms with van der Waals surface area (Å²) in [5.41, 5.74) is 1.76. The highest BCUT2D eigenvalue weighted by Gasteiger charge is 2.30. The Hall–Kier alpha value is -2.91. The zero-order chi connectivity index (χ0) is 22.2. The second-order valence-corrected chi connectivity index (χ2v) is 8.71. The summed E-state index contributed by atoms with van der Waals surface area (Å²) >= 11 is 6.38. The number of hydrogen-bond acceptors (Lipinski definition) is 5. The summed E-state index contributed by atoms with van der Waals surface area (Å²) in [5, 5.41) is 17.5. The number of likely N-dealkylation sites (tertiary alicyclic amines) is 1. The van der Waals surface area contributed by atoms with Crippen LogP contribution in [0.1, 0.15) is 37.3 Å². The number of benzene rings is 1. The van der Waals surface area contributed by atoms with Gasteiger partial charge in [0.2, 0.25) is 0 Å². The van der Waals surface area contributed by atoms with E-state index in [2.05, 4.69) is 15.3 Å². The van der Waals surface area contributed by atoms with E-state index in [1.807, 2.05) is 6.07 Å². The van der Waals surface area contributed by atoms with Crippen LogP contribution in [0, 0.1) is 5.82 Å². The first-order valence-corrected chi connectivity index (χ1v) is 11.2. The molecule has 4 heterocycles. The molecule has 10 heteroatoms. The number of piperidine rings is 1. The maximum Gasteiger partial charge on any atom is 0.322 e. The maximum atomic E-state index is 13.9. The van der Waals surface area contributed by atoms with Crippen molar-refractivity contribution in [2.24, 2.45) is 0 Å². The maximum absolute atomic E-state index is 13.9. The fraction of sp³-hybridized carbons (Fsp3) is 0.409. The Balaban J connectivity index is 1.42. The van der Waals surface area contributed by atoms with Crippen molar-refractivity contribution in [2.45, 2.75) is 37.8 Å². The van der Waals surface area contributed by atoms with Crippen molar-refractivity contribution in [3.63, 3.8) is 0 Å². The number of nitrogens with one attached hydrogen (secondary N) is 1. The predicted molar refractivity (Wildman–Crippen MR) is 120 cm³/mol. The molecule has 2 atom stereocenters. The number of amides is 2. The summed E-state index contributed by atoms with van der Waals surface area (Å²) in [6.07, 6.45) is 6.11. The first-order valence-electron chi connectivity index (χ1n) is 10.8. The van der Waals surface area contributed by atoms with Crippen molar-refractivity contribution in [3.05, 3.63) is 53.1 Å². The summed E-state index contributed by atoms with van der Waals surface area (Å²) < 4.78 is 15.5. The molecular weight excluding hydrogens is 435 g/mol. The summed E-state index contributed by atoms with van der Waals surface area (Å²) in [7, 11) is 0. The molecule has 1 aromatic carbocycles. The number of rotatable bonds is 3. The Bertz CT molecular complexity index is 1150. The summed E-state index contributed by atoms with van der Waals surface area (Å²) in [6.45, 7) is 1.68. The number of halogens is 2. The van der Waals surface area contributed by atoms with Crippen LogP contribution in [-0.4, -0.2) is 56.4 Å². The highest BCUT2D eigenvalue weighted by atomic mass is 35.5.